The van der Waals surface area contributed by atoms with Crippen molar-refractivity contribution in [2.24, 2.45) is 5.10 Å². The summed E-state index contributed by atoms with van der Waals surface area (Å²) in [6, 6.07) is 17.7. The quantitative estimate of drug-likeness (QED) is 0.584. The van der Waals surface area contributed by atoms with E-state index in [2.05, 4.69) is 20.5 Å². The summed E-state index contributed by atoms with van der Waals surface area (Å²) in [5.41, 5.74) is 5.47. The summed E-state index contributed by atoms with van der Waals surface area (Å²) < 4.78 is 12.8. The molecular weight excluding hydrogens is 291 g/mol. The maximum Gasteiger partial charge on any atom is 0.161 e. The SMILES string of the molecule is Cc1cc(NN=Cc2ccc(F)cc2)nc(-c2ccccc2)n1. The number of halogens is 1. The number of aromatic nitrogens is 2. The zero-order valence-electron chi connectivity index (χ0n) is 12.6. The van der Waals surface area contributed by atoms with Crippen molar-refractivity contribution >= 4 is 12.0 Å². The molecular formula is C18H15FN4. The molecule has 2 aromatic carbocycles. The van der Waals surface area contributed by atoms with Gasteiger partial charge in [-0.25, -0.2) is 14.4 Å². The van der Waals surface area contributed by atoms with E-state index in [1.807, 2.05) is 43.3 Å². The Hall–Kier alpha value is -3.08. The second kappa shape index (κ2) is 6.79. The summed E-state index contributed by atoms with van der Waals surface area (Å²) in [6.07, 6.45) is 1.61. The van der Waals surface area contributed by atoms with Gasteiger partial charge in [-0.15, -0.1) is 0 Å². The molecule has 23 heavy (non-hydrogen) atoms. The third-order valence-electron chi connectivity index (χ3n) is 3.15. The molecule has 4 nitrogen and oxygen atoms in total. The van der Waals surface area contributed by atoms with Crippen LogP contribution in [0.3, 0.4) is 0 Å². The lowest BCUT2D eigenvalue weighted by Gasteiger charge is -2.05. The van der Waals surface area contributed by atoms with Crippen LogP contribution in [0.25, 0.3) is 11.4 Å². The first-order chi connectivity index (χ1) is 11.2. The van der Waals surface area contributed by atoms with E-state index in [9.17, 15) is 4.39 Å². The van der Waals surface area contributed by atoms with Crippen LogP contribution in [0.4, 0.5) is 10.2 Å². The number of hydrogen-bond donors (Lipinski definition) is 1. The Kier molecular flexibility index (Phi) is 4.38. The van der Waals surface area contributed by atoms with Crippen LogP contribution in [0.2, 0.25) is 0 Å². The third-order valence-corrected chi connectivity index (χ3v) is 3.15. The maximum absolute atomic E-state index is 12.8. The molecule has 0 unspecified atom stereocenters. The molecule has 1 N–H and O–H groups in total. The Labute approximate surface area is 133 Å². The summed E-state index contributed by atoms with van der Waals surface area (Å²) in [4.78, 5) is 8.89. The highest BCUT2D eigenvalue weighted by Crippen LogP contribution is 2.17. The highest BCUT2D eigenvalue weighted by molar-refractivity contribution is 5.80. The smallest absolute Gasteiger partial charge is 0.161 e. The average Bonchev–Trinajstić information content (AvgIpc) is 2.57. The van der Waals surface area contributed by atoms with E-state index >= 15 is 0 Å². The number of rotatable bonds is 4. The molecule has 0 saturated carbocycles. The van der Waals surface area contributed by atoms with Crippen LogP contribution in [-0.4, -0.2) is 16.2 Å². The van der Waals surface area contributed by atoms with Crippen LogP contribution < -0.4 is 5.43 Å². The molecule has 0 aliphatic carbocycles. The number of hydrazone groups is 1. The molecule has 0 bridgehead atoms. The van der Waals surface area contributed by atoms with Gasteiger partial charge in [0.2, 0.25) is 0 Å². The molecule has 0 aliphatic heterocycles. The molecule has 0 fully saturated rings. The maximum atomic E-state index is 12.8. The van der Waals surface area contributed by atoms with Gasteiger partial charge in [0.25, 0.3) is 0 Å². The molecule has 0 radical (unpaired) electrons. The van der Waals surface area contributed by atoms with Crippen LogP contribution in [-0.2, 0) is 0 Å². The molecule has 0 atom stereocenters. The Bertz CT molecular complexity index is 814. The highest BCUT2D eigenvalue weighted by atomic mass is 19.1. The lowest BCUT2D eigenvalue weighted by molar-refractivity contribution is 0.628. The predicted molar refractivity (Wildman–Crippen MR) is 89.8 cm³/mol. The Morgan fingerprint density at radius 3 is 2.48 bits per heavy atom. The number of anilines is 1. The van der Waals surface area contributed by atoms with Gasteiger partial charge in [-0.2, -0.15) is 5.10 Å². The summed E-state index contributed by atoms with van der Waals surface area (Å²) >= 11 is 0. The molecule has 1 aromatic heterocycles. The van der Waals surface area contributed by atoms with E-state index in [1.54, 1.807) is 18.3 Å². The van der Waals surface area contributed by atoms with Gasteiger partial charge in [0.1, 0.15) is 5.82 Å². The van der Waals surface area contributed by atoms with Crippen molar-refractivity contribution < 1.29 is 4.39 Å². The average molecular weight is 306 g/mol. The fourth-order valence-electron chi connectivity index (χ4n) is 2.06. The summed E-state index contributed by atoms with van der Waals surface area (Å²) in [6.45, 7) is 1.91. The van der Waals surface area contributed by atoms with Crippen LogP contribution in [0.1, 0.15) is 11.3 Å². The van der Waals surface area contributed by atoms with E-state index in [4.69, 9.17) is 0 Å². The fraction of sp³-hybridized carbons (Fsp3) is 0.0556. The van der Waals surface area contributed by atoms with Gasteiger partial charge in [-0.05, 0) is 24.6 Å². The van der Waals surface area contributed by atoms with E-state index in [0.717, 1.165) is 16.8 Å². The molecule has 3 rings (SSSR count). The van der Waals surface area contributed by atoms with Gasteiger partial charge < -0.3 is 0 Å². The number of nitrogens with one attached hydrogen (secondary N) is 1. The summed E-state index contributed by atoms with van der Waals surface area (Å²) in [5, 5.41) is 4.13. The second-order valence-electron chi connectivity index (χ2n) is 5.01. The molecule has 0 spiro atoms. The zero-order valence-corrected chi connectivity index (χ0v) is 12.6. The van der Waals surface area contributed by atoms with Crippen molar-refractivity contribution in [3.8, 4) is 11.4 Å². The standard InChI is InChI=1S/C18H15FN4/c1-13-11-17(22-18(21-13)15-5-3-2-4-6-15)23-20-12-14-7-9-16(19)10-8-14/h2-12H,1H3,(H,21,22,23). The van der Waals surface area contributed by atoms with E-state index < -0.39 is 0 Å². The third kappa shape index (κ3) is 3.97. The van der Waals surface area contributed by atoms with Crippen LogP contribution >= 0.6 is 0 Å². The first kappa shape index (κ1) is 14.8. The second-order valence-corrected chi connectivity index (χ2v) is 5.01. The topological polar surface area (TPSA) is 50.2 Å². The van der Waals surface area contributed by atoms with Crippen molar-refractivity contribution in [2.45, 2.75) is 6.92 Å². The normalized spacial score (nSPS) is 10.9. The Balaban J connectivity index is 1.78. The van der Waals surface area contributed by atoms with Gasteiger partial charge in [0.15, 0.2) is 11.6 Å². The van der Waals surface area contributed by atoms with E-state index in [-0.39, 0.29) is 5.82 Å². The van der Waals surface area contributed by atoms with Gasteiger partial charge in [-0.1, -0.05) is 42.5 Å². The minimum atomic E-state index is -0.269. The lowest BCUT2D eigenvalue weighted by atomic mass is 10.2. The van der Waals surface area contributed by atoms with E-state index in [0.29, 0.717) is 11.6 Å². The Morgan fingerprint density at radius 1 is 1.00 bits per heavy atom. The highest BCUT2D eigenvalue weighted by Gasteiger charge is 2.03. The first-order valence-corrected chi connectivity index (χ1v) is 7.16. The van der Waals surface area contributed by atoms with Crippen molar-refractivity contribution in [3.05, 3.63) is 77.7 Å². The van der Waals surface area contributed by atoms with Gasteiger partial charge >= 0.3 is 0 Å². The Morgan fingerprint density at radius 2 is 1.74 bits per heavy atom. The molecule has 114 valence electrons. The molecule has 3 aromatic rings. The molecule has 0 saturated heterocycles. The van der Waals surface area contributed by atoms with E-state index in [1.165, 1.54) is 12.1 Å². The minimum Gasteiger partial charge on any atom is -0.261 e. The number of aryl methyl sites for hydroxylation is 1. The number of benzene rings is 2. The molecule has 0 aliphatic rings. The van der Waals surface area contributed by atoms with Gasteiger partial charge in [-0.3, -0.25) is 5.43 Å². The van der Waals surface area contributed by atoms with Crippen molar-refractivity contribution in [1.29, 1.82) is 0 Å². The summed E-state index contributed by atoms with van der Waals surface area (Å²) in [7, 11) is 0. The first-order valence-electron chi connectivity index (χ1n) is 7.16. The lowest BCUT2D eigenvalue weighted by Crippen LogP contribution is -1.99. The minimum absolute atomic E-state index is 0.269. The predicted octanol–water partition coefficient (Wildman–Crippen LogP) is 4.04. The molecule has 1 heterocycles. The van der Waals surface area contributed by atoms with Crippen molar-refractivity contribution in [1.82, 2.24) is 9.97 Å². The van der Waals surface area contributed by atoms with Gasteiger partial charge in [0.05, 0.1) is 6.21 Å². The largest absolute Gasteiger partial charge is 0.261 e. The number of hydrogen-bond acceptors (Lipinski definition) is 4. The zero-order chi connectivity index (χ0) is 16.1. The molecule has 5 heteroatoms. The monoisotopic (exact) mass is 306 g/mol. The van der Waals surface area contributed by atoms with Crippen LogP contribution in [0, 0.1) is 12.7 Å². The van der Waals surface area contributed by atoms with Crippen LogP contribution in [0.5, 0.6) is 0 Å². The fourth-order valence-corrected chi connectivity index (χ4v) is 2.06. The van der Waals surface area contributed by atoms with Crippen LogP contribution in [0.15, 0.2) is 65.8 Å². The van der Waals surface area contributed by atoms with Crippen molar-refractivity contribution in [2.75, 3.05) is 5.43 Å². The van der Waals surface area contributed by atoms with Crippen molar-refractivity contribution in [3.63, 3.8) is 0 Å². The summed E-state index contributed by atoms with van der Waals surface area (Å²) in [5.74, 6) is 0.980. The van der Waals surface area contributed by atoms with Gasteiger partial charge in [0, 0.05) is 17.3 Å². The number of nitrogens with zero attached hydrogens (tertiary/aromatic N) is 3. The molecule has 0 amide bonds.